The van der Waals surface area contributed by atoms with E-state index >= 15 is 0 Å². The normalized spacial score (nSPS) is 11.6. The van der Waals surface area contributed by atoms with E-state index in [4.69, 9.17) is 0 Å². The van der Waals surface area contributed by atoms with E-state index in [0.29, 0.717) is 17.3 Å². The maximum absolute atomic E-state index is 13.6. The predicted octanol–water partition coefficient (Wildman–Crippen LogP) is 2.95. The number of halogens is 2. The van der Waals surface area contributed by atoms with Gasteiger partial charge in [0.25, 0.3) is 0 Å². The van der Waals surface area contributed by atoms with Crippen molar-refractivity contribution >= 4 is 21.7 Å². The van der Waals surface area contributed by atoms with Gasteiger partial charge in [-0.05, 0) is 34.8 Å². The molecule has 0 aromatic carbocycles. The molecule has 0 fully saturated rings. The van der Waals surface area contributed by atoms with Crippen LogP contribution in [0.4, 0.5) is 10.2 Å². The molecule has 1 aromatic rings. The van der Waals surface area contributed by atoms with Gasteiger partial charge in [-0.1, -0.05) is 13.8 Å². The molecule has 90 valence electrons. The van der Waals surface area contributed by atoms with Gasteiger partial charge in [0.15, 0.2) is 11.6 Å². The Morgan fingerprint density at radius 3 is 2.56 bits per heavy atom. The van der Waals surface area contributed by atoms with Crippen LogP contribution in [0.15, 0.2) is 16.7 Å². The standard InChI is InChI=1S/C11H16BrFN2O/c1-3-11(4-2,7-16)15-10-9(13)5-8(12)6-14-10/h5-6,16H,3-4,7H2,1-2H3,(H,14,15). The third-order valence-corrected chi connectivity index (χ3v) is 3.28. The number of aliphatic hydroxyl groups is 1. The molecule has 16 heavy (non-hydrogen) atoms. The third kappa shape index (κ3) is 2.92. The molecule has 0 atom stereocenters. The zero-order valence-corrected chi connectivity index (χ0v) is 11.0. The largest absolute Gasteiger partial charge is 0.394 e. The van der Waals surface area contributed by atoms with Crippen molar-refractivity contribution in [3.05, 3.63) is 22.6 Å². The fourth-order valence-corrected chi connectivity index (χ4v) is 1.75. The minimum Gasteiger partial charge on any atom is -0.394 e. The molecule has 1 heterocycles. The highest BCUT2D eigenvalue weighted by Gasteiger charge is 2.26. The summed E-state index contributed by atoms with van der Waals surface area (Å²) in [6.45, 7) is 3.85. The van der Waals surface area contributed by atoms with E-state index in [0.717, 1.165) is 0 Å². The molecule has 0 radical (unpaired) electrons. The van der Waals surface area contributed by atoms with Crippen molar-refractivity contribution in [2.75, 3.05) is 11.9 Å². The fourth-order valence-electron chi connectivity index (χ4n) is 1.45. The Labute approximate surface area is 103 Å². The van der Waals surface area contributed by atoms with Crippen molar-refractivity contribution in [3.63, 3.8) is 0 Å². The van der Waals surface area contributed by atoms with Gasteiger partial charge in [-0.15, -0.1) is 0 Å². The van der Waals surface area contributed by atoms with Crippen LogP contribution >= 0.6 is 15.9 Å². The van der Waals surface area contributed by atoms with Crippen molar-refractivity contribution < 1.29 is 9.50 Å². The summed E-state index contributed by atoms with van der Waals surface area (Å²) in [5, 5.41) is 12.3. The number of rotatable bonds is 5. The number of nitrogens with one attached hydrogen (secondary N) is 1. The SMILES string of the molecule is CCC(CC)(CO)Nc1ncc(Br)cc1F. The van der Waals surface area contributed by atoms with Crippen molar-refractivity contribution in [1.82, 2.24) is 4.98 Å². The molecule has 5 heteroatoms. The number of hydrogen-bond acceptors (Lipinski definition) is 3. The van der Waals surface area contributed by atoms with E-state index in [1.807, 2.05) is 13.8 Å². The van der Waals surface area contributed by atoms with Crippen LogP contribution in [-0.2, 0) is 0 Å². The minimum absolute atomic E-state index is 0.0445. The average molecular weight is 291 g/mol. The van der Waals surface area contributed by atoms with E-state index in [-0.39, 0.29) is 12.4 Å². The lowest BCUT2D eigenvalue weighted by Gasteiger charge is -2.31. The van der Waals surface area contributed by atoms with Gasteiger partial charge in [0.2, 0.25) is 0 Å². The van der Waals surface area contributed by atoms with Crippen molar-refractivity contribution in [2.24, 2.45) is 0 Å². The first-order valence-electron chi connectivity index (χ1n) is 5.27. The summed E-state index contributed by atoms with van der Waals surface area (Å²) in [4.78, 5) is 3.96. The number of anilines is 1. The Bertz CT molecular complexity index is 348. The van der Waals surface area contributed by atoms with Gasteiger partial charge in [-0.2, -0.15) is 0 Å². The molecule has 2 N–H and O–H groups in total. The topological polar surface area (TPSA) is 45.1 Å². The lowest BCUT2D eigenvalue weighted by Crippen LogP contribution is -2.41. The third-order valence-electron chi connectivity index (χ3n) is 2.85. The van der Waals surface area contributed by atoms with Crippen molar-refractivity contribution in [1.29, 1.82) is 0 Å². The summed E-state index contributed by atoms with van der Waals surface area (Å²) in [6.07, 6.45) is 2.94. The van der Waals surface area contributed by atoms with Crippen molar-refractivity contribution in [2.45, 2.75) is 32.2 Å². The molecule has 0 saturated carbocycles. The monoisotopic (exact) mass is 290 g/mol. The molecule has 0 amide bonds. The molecule has 3 nitrogen and oxygen atoms in total. The van der Waals surface area contributed by atoms with Gasteiger partial charge in [-0.25, -0.2) is 9.37 Å². The second-order valence-electron chi connectivity index (χ2n) is 3.75. The van der Waals surface area contributed by atoms with E-state index in [9.17, 15) is 9.50 Å². The van der Waals surface area contributed by atoms with Crippen LogP contribution in [0.1, 0.15) is 26.7 Å². The highest BCUT2D eigenvalue weighted by Crippen LogP contribution is 2.23. The fraction of sp³-hybridized carbons (Fsp3) is 0.545. The van der Waals surface area contributed by atoms with Crippen LogP contribution in [0, 0.1) is 5.82 Å². The highest BCUT2D eigenvalue weighted by molar-refractivity contribution is 9.10. The van der Waals surface area contributed by atoms with Gasteiger partial charge in [0, 0.05) is 10.7 Å². The molecule has 0 bridgehead atoms. The second kappa shape index (κ2) is 5.59. The van der Waals surface area contributed by atoms with E-state index in [1.54, 1.807) is 0 Å². The summed E-state index contributed by atoms with van der Waals surface area (Å²) in [5.41, 5.74) is -0.498. The van der Waals surface area contributed by atoms with Crippen molar-refractivity contribution in [3.8, 4) is 0 Å². The zero-order valence-electron chi connectivity index (χ0n) is 9.43. The number of aliphatic hydroxyl groups excluding tert-OH is 1. The molecule has 1 rings (SSSR count). The Balaban J connectivity index is 2.93. The number of pyridine rings is 1. The summed E-state index contributed by atoms with van der Waals surface area (Å²) >= 11 is 3.15. The highest BCUT2D eigenvalue weighted by atomic mass is 79.9. The molecule has 0 aliphatic rings. The first-order chi connectivity index (χ1) is 7.56. The summed E-state index contributed by atoms with van der Waals surface area (Å²) in [5.74, 6) is -0.241. The molecule has 1 aromatic heterocycles. The van der Waals surface area contributed by atoms with Gasteiger partial charge in [0.1, 0.15) is 0 Å². The van der Waals surface area contributed by atoms with E-state index < -0.39 is 11.4 Å². The maximum Gasteiger partial charge on any atom is 0.166 e. The summed E-state index contributed by atoms with van der Waals surface area (Å²) < 4.78 is 14.1. The van der Waals surface area contributed by atoms with E-state index in [2.05, 4.69) is 26.2 Å². The Morgan fingerprint density at radius 2 is 2.12 bits per heavy atom. The second-order valence-corrected chi connectivity index (χ2v) is 4.67. The quantitative estimate of drug-likeness (QED) is 0.876. The van der Waals surface area contributed by atoms with Gasteiger partial charge >= 0.3 is 0 Å². The van der Waals surface area contributed by atoms with Crippen LogP contribution in [0.5, 0.6) is 0 Å². The van der Waals surface area contributed by atoms with Gasteiger partial charge in [0.05, 0.1) is 12.1 Å². The first kappa shape index (κ1) is 13.4. The predicted molar refractivity (Wildman–Crippen MR) is 65.9 cm³/mol. The summed E-state index contributed by atoms with van der Waals surface area (Å²) in [7, 11) is 0. The summed E-state index contributed by atoms with van der Waals surface area (Å²) in [6, 6.07) is 1.35. The Hall–Kier alpha value is -0.680. The minimum atomic E-state index is -0.498. The van der Waals surface area contributed by atoms with Gasteiger partial charge < -0.3 is 10.4 Å². The molecular weight excluding hydrogens is 275 g/mol. The van der Waals surface area contributed by atoms with Crippen LogP contribution in [0.2, 0.25) is 0 Å². The zero-order chi connectivity index (χ0) is 12.2. The molecule has 0 aliphatic carbocycles. The van der Waals surface area contributed by atoms with Crippen LogP contribution in [-0.4, -0.2) is 22.2 Å². The first-order valence-corrected chi connectivity index (χ1v) is 6.06. The van der Waals surface area contributed by atoms with Crippen LogP contribution in [0.3, 0.4) is 0 Å². The molecule has 0 aliphatic heterocycles. The Kier molecular flexibility index (Phi) is 4.68. The molecule has 0 spiro atoms. The lowest BCUT2D eigenvalue weighted by atomic mass is 9.94. The number of hydrogen-bond donors (Lipinski definition) is 2. The molecular formula is C11H16BrFN2O. The average Bonchev–Trinajstić information content (AvgIpc) is 2.29. The van der Waals surface area contributed by atoms with Gasteiger partial charge in [-0.3, -0.25) is 0 Å². The Morgan fingerprint density at radius 1 is 1.50 bits per heavy atom. The smallest absolute Gasteiger partial charge is 0.166 e. The molecule has 0 unspecified atom stereocenters. The van der Waals surface area contributed by atoms with Crippen LogP contribution in [0.25, 0.3) is 0 Å². The van der Waals surface area contributed by atoms with Crippen LogP contribution < -0.4 is 5.32 Å². The number of aromatic nitrogens is 1. The lowest BCUT2D eigenvalue weighted by molar-refractivity contribution is 0.201. The number of nitrogens with zero attached hydrogens (tertiary/aromatic N) is 1. The molecule has 0 saturated heterocycles. The maximum atomic E-state index is 13.6. The van der Waals surface area contributed by atoms with E-state index in [1.165, 1.54) is 12.3 Å².